The summed E-state index contributed by atoms with van der Waals surface area (Å²) < 4.78 is 45.2. The third-order valence-corrected chi connectivity index (χ3v) is 5.26. The van der Waals surface area contributed by atoms with Gasteiger partial charge < -0.3 is 9.64 Å². The molecule has 0 fully saturated rings. The highest BCUT2D eigenvalue weighted by atomic mass is 32.1. The summed E-state index contributed by atoms with van der Waals surface area (Å²) >= 11 is 1.55. The number of ether oxygens (including phenoxy) is 1. The van der Waals surface area contributed by atoms with Crippen molar-refractivity contribution in [1.29, 1.82) is 0 Å². The second kappa shape index (κ2) is 9.78. The number of carbonyl (C=O) groups excluding carboxylic acids is 1. The number of rotatable bonds is 7. The lowest BCUT2D eigenvalue weighted by atomic mass is 10.1. The summed E-state index contributed by atoms with van der Waals surface area (Å²) in [5, 5.41) is 2.90. The smallest absolute Gasteiger partial charge is 0.416 e. The summed E-state index contributed by atoms with van der Waals surface area (Å²) in [7, 11) is 1.47. The molecule has 0 saturated heterocycles. The number of hydrogen-bond donors (Lipinski definition) is 0. The molecule has 162 valence electrons. The van der Waals surface area contributed by atoms with E-state index in [9.17, 15) is 18.0 Å². The van der Waals surface area contributed by atoms with Crippen molar-refractivity contribution in [2.75, 3.05) is 7.05 Å². The highest BCUT2D eigenvalue weighted by molar-refractivity contribution is 7.09. The molecule has 0 bridgehead atoms. The first-order valence-corrected chi connectivity index (χ1v) is 10.3. The molecule has 0 radical (unpaired) electrons. The molecule has 0 aliphatic heterocycles. The van der Waals surface area contributed by atoms with E-state index in [0.717, 1.165) is 22.3 Å². The van der Waals surface area contributed by atoms with Gasteiger partial charge in [0.2, 0.25) is 5.91 Å². The summed E-state index contributed by atoms with van der Waals surface area (Å²) in [5.41, 5.74) is 0.898. The summed E-state index contributed by atoms with van der Waals surface area (Å²) in [6.07, 6.45) is -1.53. The van der Waals surface area contributed by atoms with Crippen LogP contribution < -0.4 is 4.74 Å². The minimum Gasteiger partial charge on any atom is -0.487 e. The third-order valence-electron chi connectivity index (χ3n) is 4.44. The van der Waals surface area contributed by atoms with Crippen molar-refractivity contribution in [3.05, 3.63) is 87.4 Å². The number of benzene rings is 2. The molecule has 0 aliphatic carbocycles. The normalized spacial score (nSPS) is 11.6. The van der Waals surface area contributed by atoms with Gasteiger partial charge in [-0.2, -0.15) is 13.2 Å². The topological polar surface area (TPSA) is 42.4 Å². The summed E-state index contributed by atoms with van der Waals surface area (Å²) in [6, 6.07) is 12.4. The van der Waals surface area contributed by atoms with E-state index < -0.39 is 17.6 Å². The zero-order valence-corrected chi connectivity index (χ0v) is 17.8. The molecule has 3 aromatic rings. The Kier molecular flexibility index (Phi) is 7.12. The standard InChI is InChI=1S/C23H21F3N2O2S/c1-16-27-19(15-31-16)14-30-20-8-5-6-17(12-20)10-11-22(29)28(2)13-18-7-3-4-9-21(18)23(24,25)26/h3-12,15H,13-14H2,1-2H3/b11-10+. The van der Waals surface area contributed by atoms with Gasteiger partial charge in [0, 0.05) is 25.0 Å². The van der Waals surface area contributed by atoms with E-state index in [1.165, 1.54) is 36.2 Å². The lowest BCUT2D eigenvalue weighted by Gasteiger charge is -2.19. The van der Waals surface area contributed by atoms with Gasteiger partial charge >= 0.3 is 6.18 Å². The number of aromatic nitrogens is 1. The van der Waals surface area contributed by atoms with Crippen LogP contribution in [0.1, 0.15) is 27.4 Å². The van der Waals surface area contributed by atoms with Crippen molar-refractivity contribution in [1.82, 2.24) is 9.88 Å². The zero-order chi connectivity index (χ0) is 22.4. The lowest BCUT2D eigenvalue weighted by molar-refractivity contribution is -0.139. The van der Waals surface area contributed by atoms with Gasteiger partial charge in [0.15, 0.2) is 0 Å². The Morgan fingerprint density at radius 3 is 2.68 bits per heavy atom. The minimum absolute atomic E-state index is 0.0481. The highest BCUT2D eigenvalue weighted by Gasteiger charge is 2.33. The van der Waals surface area contributed by atoms with Crippen LogP contribution in [0.5, 0.6) is 5.75 Å². The second-order valence-electron chi connectivity index (χ2n) is 6.90. The third kappa shape index (κ3) is 6.42. The fourth-order valence-electron chi connectivity index (χ4n) is 2.90. The molecule has 2 aromatic carbocycles. The van der Waals surface area contributed by atoms with Gasteiger partial charge in [0.25, 0.3) is 0 Å². The van der Waals surface area contributed by atoms with Crippen LogP contribution in [-0.4, -0.2) is 22.8 Å². The van der Waals surface area contributed by atoms with Gasteiger partial charge in [0.05, 0.1) is 16.3 Å². The van der Waals surface area contributed by atoms with Crippen LogP contribution in [0.3, 0.4) is 0 Å². The van der Waals surface area contributed by atoms with Crippen molar-refractivity contribution < 1.29 is 22.7 Å². The molecule has 1 aromatic heterocycles. The van der Waals surface area contributed by atoms with Crippen molar-refractivity contribution in [2.45, 2.75) is 26.3 Å². The van der Waals surface area contributed by atoms with Crippen LogP contribution in [0, 0.1) is 6.92 Å². The average Bonchev–Trinajstić information content (AvgIpc) is 3.15. The summed E-state index contributed by atoms with van der Waals surface area (Å²) in [6.45, 7) is 2.13. The quantitative estimate of drug-likeness (QED) is 0.436. The Bertz CT molecular complexity index is 1080. The van der Waals surface area contributed by atoms with Gasteiger partial charge in [-0.25, -0.2) is 4.98 Å². The fourth-order valence-corrected chi connectivity index (χ4v) is 3.50. The molecular formula is C23H21F3N2O2S. The van der Waals surface area contributed by atoms with E-state index in [1.54, 1.807) is 35.6 Å². The number of alkyl halides is 3. The predicted molar refractivity (Wildman–Crippen MR) is 115 cm³/mol. The summed E-state index contributed by atoms with van der Waals surface area (Å²) in [5.74, 6) is 0.231. The van der Waals surface area contributed by atoms with Gasteiger partial charge in [-0.1, -0.05) is 30.3 Å². The number of likely N-dealkylation sites (N-methyl/N-ethyl adjacent to an activating group) is 1. The maximum Gasteiger partial charge on any atom is 0.416 e. The second-order valence-corrected chi connectivity index (χ2v) is 7.96. The maximum absolute atomic E-state index is 13.1. The van der Waals surface area contributed by atoms with Crippen LogP contribution in [0.4, 0.5) is 13.2 Å². The van der Waals surface area contributed by atoms with E-state index in [0.29, 0.717) is 12.4 Å². The number of halogens is 3. The monoisotopic (exact) mass is 446 g/mol. The van der Waals surface area contributed by atoms with Gasteiger partial charge in [-0.15, -0.1) is 11.3 Å². The van der Waals surface area contributed by atoms with E-state index in [1.807, 2.05) is 18.4 Å². The van der Waals surface area contributed by atoms with Crippen molar-refractivity contribution in [3.8, 4) is 5.75 Å². The Hall–Kier alpha value is -3.13. The summed E-state index contributed by atoms with van der Waals surface area (Å²) in [4.78, 5) is 18.0. The largest absolute Gasteiger partial charge is 0.487 e. The van der Waals surface area contributed by atoms with E-state index >= 15 is 0 Å². The first-order chi connectivity index (χ1) is 14.7. The number of amides is 1. The molecule has 4 nitrogen and oxygen atoms in total. The number of aryl methyl sites for hydroxylation is 1. The van der Waals surface area contributed by atoms with Crippen LogP contribution in [0.2, 0.25) is 0 Å². The van der Waals surface area contributed by atoms with Crippen molar-refractivity contribution in [3.63, 3.8) is 0 Å². The SMILES string of the molecule is Cc1nc(COc2cccc(/C=C/C(=O)N(C)Cc3ccccc3C(F)(F)F)c2)cs1. The molecule has 31 heavy (non-hydrogen) atoms. The van der Waals surface area contributed by atoms with Crippen LogP contribution >= 0.6 is 11.3 Å². The highest BCUT2D eigenvalue weighted by Crippen LogP contribution is 2.32. The average molecular weight is 446 g/mol. The molecule has 0 N–H and O–H groups in total. The number of nitrogens with zero attached hydrogens (tertiary/aromatic N) is 2. The molecule has 0 saturated carbocycles. The Morgan fingerprint density at radius 1 is 1.19 bits per heavy atom. The first-order valence-electron chi connectivity index (χ1n) is 9.44. The Labute approximate surface area is 182 Å². The molecule has 1 amide bonds. The minimum atomic E-state index is -4.46. The van der Waals surface area contributed by atoms with Gasteiger partial charge in [0.1, 0.15) is 12.4 Å². The molecule has 1 heterocycles. The number of thiazole rings is 1. The van der Waals surface area contributed by atoms with E-state index in [2.05, 4.69) is 4.98 Å². The van der Waals surface area contributed by atoms with Crippen LogP contribution in [0.15, 0.2) is 60.0 Å². The first kappa shape index (κ1) is 22.6. The Balaban J connectivity index is 1.62. The fraction of sp³-hybridized carbons (Fsp3) is 0.217. The van der Waals surface area contributed by atoms with Gasteiger partial charge in [-0.3, -0.25) is 4.79 Å². The molecule has 0 unspecified atom stereocenters. The molecule has 0 atom stereocenters. The molecule has 0 aliphatic rings. The molecular weight excluding hydrogens is 425 g/mol. The van der Waals surface area contributed by atoms with Crippen molar-refractivity contribution in [2.24, 2.45) is 0 Å². The number of carbonyl (C=O) groups is 1. The van der Waals surface area contributed by atoms with Gasteiger partial charge in [-0.05, 0) is 42.3 Å². The molecule has 0 spiro atoms. The van der Waals surface area contributed by atoms with Crippen LogP contribution in [0.25, 0.3) is 6.08 Å². The number of hydrogen-bond acceptors (Lipinski definition) is 4. The van der Waals surface area contributed by atoms with Crippen molar-refractivity contribution >= 4 is 23.3 Å². The molecule has 3 rings (SSSR count). The lowest BCUT2D eigenvalue weighted by Crippen LogP contribution is -2.25. The zero-order valence-electron chi connectivity index (χ0n) is 17.0. The van der Waals surface area contributed by atoms with E-state index in [-0.39, 0.29) is 12.1 Å². The van der Waals surface area contributed by atoms with Crippen LogP contribution in [-0.2, 0) is 24.1 Å². The maximum atomic E-state index is 13.1. The Morgan fingerprint density at radius 2 is 1.97 bits per heavy atom. The van der Waals surface area contributed by atoms with E-state index in [4.69, 9.17) is 4.74 Å². The molecule has 8 heteroatoms. The predicted octanol–water partition coefficient (Wildman–Crippen LogP) is 5.72.